The molecule has 128 valence electrons. The summed E-state index contributed by atoms with van der Waals surface area (Å²) in [4.78, 5) is 13.0. The van der Waals surface area contributed by atoms with Gasteiger partial charge in [-0.2, -0.15) is 4.80 Å². The number of tetrazole rings is 1. The quantitative estimate of drug-likeness (QED) is 0.773. The van der Waals surface area contributed by atoms with Crippen LogP contribution in [-0.4, -0.2) is 26.1 Å². The zero-order valence-corrected chi connectivity index (χ0v) is 13.4. The number of aromatic nitrogens is 4. The Morgan fingerprint density at radius 1 is 1.12 bits per heavy atom. The van der Waals surface area contributed by atoms with E-state index in [0.29, 0.717) is 5.82 Å². The molecule has 3 rings (SSSR count). The summed E-state index contributed by atoms with van der Waals surface area (Å²) in [5, 5.41) is 14.0. The number of para-hydroxylation sites is 1. The molecule has 0 aliphatic carbocycles. The molecule has 0 unspecified atom stereocenters. The highest BCUT2D eigenvalue weighted by Crippen LogP contribution is 2.18. The van der Waals surface area contributed by atoms with E-state index in [4.69, 9.17) is 0 Å². The van der Waals surface area contributed by atoms with Crippen molar-refractivity contribution < 1.29 is 13.6 Å². The van der Waals surface area contributed by atoms with Crippen molar-refractivity contribution in [2.24, 2.45) is 0 Å². The number of nitrogens with one attached hydrogen (secondary N) is 1. The molecular weight excluding hydrogens is 328 g/mol. The molecular formula is C17H15F2N5O. The fraction of sp³-hybridized carbons (Fsp3) is 0.176. The normalized spacial score (nSPS) is 10.7. The summed E-state index contributed by atoms with van der Waals surface area (Å²) in [5.41, 5.74) is 1.45. The average molecular weight is 343 g/mol. The Bertz CT molecular complexity index is 872. The molecule has 0 fully saturated rings. The van der Waals surface area contributed by atoms with Gasteiger partial charge in [-0.05, 0) is 29.3 Å². The van der Waals surface area contributed by atoms with E-state index in [-0.39, 0.29) is 6.54 Å². The SMILES string of the molecule is CCc1ccc(-c2nnn(CC(=O)Nc3c(F)cccc3F)n2)cc1. The van der Waals surface area contributed by atoms with Crippen LogP contribution >= 0.6 is 0 Å². The third-order valence-corrected chi connectivity index (χ3v) is 3.59. The standard InChI is InChI=1S/C17H15F2N5O/c1-2-11-6-8-12(9-7-11)17-21-23-24(22-17)10-15(25)20-16-13(18)4-3-5-14(16)19/h3-9H,2,10H2,1H3,(H,20,25). The number of hydrogen-bond donors (Lipinski definition) is 1. The molecule has 0 spiro atoms. The first-order valence-corrected chi connectivity index (χ1v) is 7.68. The minimum atomic E-state index is -0.850. The highest BCUT2D eigenvalue weighted by molar-refractivity contribution is 5.90. The molecule has 0 saturated carbocycles. The molecule has 25 heavy (non-hydrogen) atoms. The molecule has 0 aliphatic rings. The Hall–Kier alpha value is -3.16. The van der Waals surface area contributed by atoms with Gasteiger partial charge in [0.05, 0.1) is 0 Å². The second-order valence-electron chi connectivity index (χ2n) is 5.34. The van der Waals surface area contributed by atoms with Crippen molar-refractivity contribution >= 4 is 11.6 Å². The zero-order valence-electron chi connectivity index (χ0n) is 13.4. The number of aryl methyl sites for hydroxylation is 1. The lowest BCUT2D eigenvalue weighted by Crippen LogP contribution is -2.21. The predicted octanol–water partition coefficient (Wildman–Crippen LogP) is 2.82. The lowest BCUT2D eigenvalue weighted by atomic mass is 10.1. The molecule has 1 aromatic heterocycles. The lowest BCUT2D eigenvalue weighted by molar-refractivity contribution is -0.117. The van der Waals surface area contributed by atoms with E-state index in [9.17, 15) is 13.6 Å². The largest absolute Gasteiger partial charge is 0.319 e. The van der Waals surface area contributed by atoms with Gasteiger partial charge in [0.15, 0.2) is 0 Å². The summed E-state index contributed by atoms with van der Waals surface area (Å²) >= 11 is 0. The van der Waals surface area contributed by atoms with Crippen molar-refractivity contribution in [2.75, 3.05) is 5.32 Å². The third kappa shape index (κ3) is 3.85. The number of hydrogen-bond acceptors (Lipinski definition) is 4. The van der Waals surface area contributed by atoms with Crippen LogP contribution < -0.4 is 5.32 Å². The van der Waals surface area contributed by atoms with Crippen LogP contribution in [0.25, 0.3) is 11.4 Å². The maximum atomic E-state index is 13.5. The van der Waals surface area contributed by atoms with Crippen LogP contribution in [0.1, 0.15) is 12.5 Å². The second kappa shape index (κ2) is 7.16. The van der Waals surface area contributed by atoms with E-state index in [1.54, 1.807) is 0 Å². The summed E-state index contributed by atoms with van der Waals surface area (Å²) in [7, 11) is 0. The third-order valence-electron chi connectivity index (χ3n) is 3.59. The Morgan fingerprint density at radius 2 is 1.80 bits per heavy atom. The van der Waals surface area contributed by atoms with Crippen LogP contribution in [0.5, 0.6) is 0 Å². The van der Waals surface area contributed by atoms with Gasteiger partial charge in [-0.1, -0.05) is 37.3 Å². The highest BCUT2D eigenvalue weighted by Gasteiger charge is 2.14. The van der Waals surface area contributed by atoms with Gasteiger partial charge in [0.25, 0.3) is 0 Å². The van der Waals surface area contributed by atoms with E-state index >= 15 is 0 Å². The maximum absolute atomic E-state index is 13.5. The molecule has 2 aromatic carbocycles. The Morgan fingerprint density at radius 3 is 2.44 bits per heavy atom. The molecule has 8 heteroatoms. The van der Waals surface area contributed by atoms with E-state index < -0.39 is 23.2 Å². The van der Waals surface area contributed by atoms with Gasteiger partial charge in [-0.3, -0.25) is 4.79 Å². The molecule has 0 aliphatic heterocycles. The monoisotopic (exact) mass is 343 g/mol. The van der Waals surface area contributed by atoms with Crippen molar-refractivity contribution in [3.63, 3.8) is 0 Å². The summed E-state index contributed by atoms with van der Waals surface area (Å²) in [6, 6.07) is 11.0. The van der Waals surface area contributed by atoms with Gasteiger partial charge >= 0.3 is 0 Å². The zero-order chi connectivity index (χ0) is 17.8. The number of benzene rings is 2. The average Bonchev–Trinajstić information content (AvgIpc) is 3.07. The van der Waals surface area contributed by atoms with Gasteiger partial charge in [0, 0.05) is 5.56 Å². The molecule has 0 atom stereocenters. The van der Waals surface area contributed by atoms with E-state index in [1.165, 1.54) is 11.6 Å². The smallest absolute Gasteiger partial charge is 0.248 e. The predicted molar refractivity (Wildman–Crippen MR) is 87.6 cm³/mol. The van der Waals surface area contributed by atoms with Crippen LogP contribution in [0.2, 0.25) is 0 Å². The van der Waals surface area contributed by atoms with Crippen LogP contribution in [0, 0.1) is 11.6 Å². The Balaban J connectivity index is 1.69. The Kier molecular flexibility index (Phi) is 4.78. The van der Waals surface area contributed by atoms with E-state index in [0.717, 1.165) is 28.9 Å². The first-order chi connectivity index (χ1) is 12.1. The van der Waals surface area contributed by atoms with Gasteiger partial charge in [-0.15, -0.1) is 10.2 Å². The maximum Gasteiger partial charge on any atom is 0.248 e. The molecule has 0 bridgehead atoms. The van der Waals surface area contributed by atoms with E-state index in [1.807, 2.05) is 24.3 Å². The first kappa shape index (κ1) is 16.7. The van der Waals surface area contributed by atoms with Crippen LogP contribution in [0.4, 0.5) is 14.5 Å². The van der Waals surface area contributed by atoms with Crippen molar-refractivity contribution in [3.8, 4) is 11.4 Å². The second-order valence-corrected chi connectivity index (χ2v) is 5.34. The summed E-state index contributed by atoms with van der Waals surface area (Å²) < 4.78 is 27.1. The number of rotatable bonds is 5. The molecule has 0 saturated heterocycles. The number of anilines is 1. The van der Waals surface area contributed by atoms with Gasteiger partial charge in [0.2, 0.25) is 11.7 Å². The number of carbonyl (C=O) groups excluding carboxylic acids is 1. The minimum Gasteiger partial charge on any atom is -0.319 e. The van der Waals surface area contributed by atoms with Crippen molar-refractivity contribution in [3.05, 3.63) is 59.7 Å². The minimum absolute atomic E-state index is 0.312. The van der Waals surface area contributed by atoms with Crippen molar-refractivity contribution in [1.29, 1.82) is 0 Å². The topological polar surface area (TPSA) is 72.7 Å². The molecule has 1 N–H and O–H groups in total. The number of nitrogens with zero attached hydrogens (tertiary/aromatic N) is 4. The summed E-state index contributed by atoms with van der Waals surface area (Å²) in [6.07, 6.45) is 0.924. The van der Waals surface area contributed by atoms with Gasteiger partial charge in [-0.25, -0.2) is 8.78 Å². The van der Waals surface area contributed by atoms with Crippen molar-refractivity contribution in [2.45, 2.75) is 19.9 Å². The molecule has 1 amide bonds. The molecule has 6 nitrogen and oxygen atoms in total. The Labute approximate surface area is 142 Å². The number of amides is 1. The van der Waals surface area contributed by atoms with Crippen molar-refractivity contribution in [1.82, 2.24) is 20.2 Å². The lowest BCUT2D eigenvalue weighted by Gasteiger charge is -2.06. The number of halogens is 2. The fourth-order valence-electron chi connectivity index (χ4n) is 2.24. The first-order valence-electron chi connectivity index (χ1n) is 7.68. The van der Waals surface area contributed by atoms with Crippen LogP contribution in [0.3, 0.4) is 0 Å². The van der Waals surface area contributed by atoms with Crippen LogP contribution in [0.15, 0.2) is 42.5 Å². The highest BCUT2D eigenvalue weighted by atomic mass is 19.1. The van der Waals surface area contributed by atoms with Crippen LogP contribution in [-0.2, 0) is 17.8 Å². The van der Waals surface area contributed by atoms with E-state index in [2.05, 4.69) is 27.7 Å². The van der Waals surface area contributed by atoms with Gasteiger partial charge < -0.3 is 5.32 Å². The summed E-state index contributed by atoms with van der Waals surface area (Å²) in [5.74, 6) is -1.99. The molecule has 3 aromatic rings. The number of carbonyl (C=O) groups is 1. The molecule has 1 heterocycles. The fourth-order valence-corrected chi connectivity index (χ4v) is 2.24. The van der Waals surface area contributed by atoms with Gasteiger partial charge in [0.1, 0.15) is 23.9 Å². The summed E-state index contributed by atoms with van der Waals surface area (Å²) in [6.45, 7) is 1.74. The molecule has 0 radical (unpaired) electrons.